The Morgan fingerprint density at radius 3 is 2.83 bits per heavy atom. The third-order valence-corrected chi connectivity index (χ3v) is 4.56. The fraction of sp³-hybridized carbons (Fsp3) is 0.692. The van der Waals surface area contributed by atoms with E-state index in [9.17, 15) is 4.79 Å². The van der Waals surface area contributed by atoms with Gasteiger partial charge in [0.05, 0.1) is 0 Å². The number of amides is 1. The van der Waals surface area contributed by atoms with Gasteiger partial charge in [0.1, 0.15) is 10.7 Å². The molecule has 0 aliphatic heterocycles. The minimum Gasteiger partial charge on any atom is -0.383 e. The second-order valence-electron chi connectivity index (χ2n) is 4.94. The highest BCUT2D eigenvalue weighted by atomic mass is 32.1. The number of nitrogens with zero attached hydrogens (tertiary/aromatic N) is 1. The highest BCUT2D eigenvalue weighted by molar-refractivity contribution is 7.08. The topological polar surface area (TPSA) is 68.0 Å². The second-order valence-corrected chi connectivity index (χ2v) is 5.72. The molecule has 0 radical (unpaired) electrons. The van der Waals surface area contributed by atoms with E-state index < -0.39 is 0 Å². The van der Waals surface area contributed by atoms with Crippen molar-refractivity contribution >= 4 is 23.3 Å². The summed E-state index contributed by atoms with van der Waals surface area (Å²) < 4.78 is 4.06. The van der Waals surface area contributed by atoms with Crippen molar-refractivity contribution in [1.82, 2.24) is 9.69 Å². The lowest BCUT2D eigenvalue weighted by molar-refractivity contribution is 0.0947. The lowest BCUT2D eigenvalue weighted by atomic mass is 9.89. The molecule has 4 nitrogen and oxygen atoms in total. The van der Waals surface area contributed by atoms with E-state index in [1.54, 1.807) is 0 Å². The number of anilines is 1. The Labute approximate surface area is 112 Å². The number of carbonyl (C=O) groups excluding carboxylic acids is 1. The van der Waals surface area contributed by atoms with E-state index in [2.05, 4.69) is 9.69 Å². The Morgan fingerprint density at radius 1 is 1.44 bits per heavy atom. The van der Waals surface area contributed by atoms with Crippen molar-refractivity contribution in [2.24, 2.45) is 5.92 Å². The maximum absolute atomic E-state index is 12.1. The van der Waals surface area contributed by atoms with Gasteiger partial charge in [0.2, 0.25) is 0 Å². The van der Waals surface area contributed by atoms with Gasteiger partial charge in [0.25, 0.3) is 5.91 Å². The highest BCUT2D eigenvalue weighted by Gasteiger charge is 2.19. The summed E-state index contributed by atoms with van der Waals surface area (Å²) in [5.74, 6) is 1.15. The Balaban J connectivity index is 1.90. The van der Waals surface area contributed by atoms with Crippen LogP contribution in [0.5, 0.6) is 0 Å². The van der Waals surface area contributed by atoms with Crippen LogP contribution in [-0.4, -0.2) is 16.8 Å². The van der Waals surface area contributed by atoms with Crippen LogP contribution in [0.1, 0.15) is 54.3 Å². The van der Waals surface area contributed by atoms with Gasteiger partial charge in [0, 0.05) is 12.1 Å². The van der Waals surface area contributed by atoms with Crippen LogP contribution in [-0.2, 0) is 6.42 Å². The van der Waals surface area contributed by atoms with E-state index in [0.29, 0.717) is 16.6 Å². The van der Waals surface area contributed by atoms with Gasteiger partial charge in [-0.25, -0.2) is 0 Å². The Morgan fingerprint density at radius 2 is 2.17 bits per heavy atom. The van der Waals surface area contributed by atoms with Crippen LogP contribution in [0.4, 0.5) is 5.82 Å². The molecule has 5 heteroatoms. The highest BCUT2D eigenvalue weighted by Crippen LogP contribution is 2.24. The molecule has 100 valence electrons. The van der Waals surface area contributed by atoms with Gasteiger partial charge < -0.3 is 11.1 Å². The third-order valence-electron chi connectivity index (χ3n) is 3.65. The third kappa shape index (κ3) is 3.02. The van der Waals surface area contributed by atoms with Gasteiger partial charge in [-0.2, -0.15) is 4.37 Å². The van der Waals surface area contributed by atoms with Crippen molar-refractivity contribution in [3.05, 3.63) is 10.4 Å². The number of hydrogen-bond donors (Lipinski definition) is 2. The molecule has 1 aromatic heterocycles. The van der Waals surface area contributed by atoms with Gasteiger partial charge in [0.15, 0.2) is 0 Å². The second kappa shape index (κ2) is 6.18. The number of hydrogen-bond acceptors (Lipinski definition) is 4. The number of carbonyl (C=O) groups is 1. The van der Waals surface area contributed by atoms with Crippen molar-refractivity contribution in [3.63, 3.8) is 0 Å². The van der Waals surface area contributed by atoms with Gasteiger partial charge in [-0.15, -0.1) is 0 Å². The first kappa shape index (κ1) is 13.3. The molecule has 0 bridgehead atoms. The van der Waals surface area contributed by atoms with E-state index in [1.165, 1.54) is 43.6 Å². The molecule has 1 heterocycles. The molecule has 1 fully saturated rings. The molecule has 1 aliphatic carbocycles. The normalized spacial score (nSPS) is 16.7. The summed E-state index contributed by atoms with van der Waals surface area (Å²) in [5, 5.41) is 3.03. The quantitative estimate of drug-likeness (QED) is 0.881. The fourth-order valence-corrected chi connectivity index (χ4v) is 3.36. The molecule has 1 amide bonds. The molecule has 3 N–H and O–H groups in total. The van der Waals surface area contributed by atoms with E-state index in [1.807, 2.05) is 6.92 Å². The molecule has 1 aromatic rings. The number of nitrogens with two attached hydrogens (primary N) is 1. The summed E-state index contributed by atoms with van der Waals surface area (Å²) in [5.41, 5.74) is 6.64. The predicted octanol–water partition coefficient (Wildman–Crippen LogP) is 2.60. The monoisotopic (exact) mass is 267 g/mol. The maximum atomic E-state index is 12.1. The molecule has 1 saturated carbocycles. The van der Waals surface area contributed by atoms with E-state index in [-0.39, 0.29) is 5.91 Å². The maximum Gasteiger partial charge on any atom is 0.263 e. The van der Waals surface area contributed by atoms with Crippen molar-refractivity contribution in [3.8, 4) is 0 Å². The summed E-state index contributed by atoms with van der Waals surface area (Å²) >= 11 is 1.21. The number of nitrogen functional groups attached to an aromatic ring is 1. The average molecular weight is 267 g/mol. The number of aromatic nitrogens is 1. The van der Waals surface area contributed by atoms with Gasteiger partial charge in [-0.1, -0.05) is 26.2 Å². The minimum absolute atomic E-state index is 0.00776. The molecule has 0 aromatic carbocycles. The molecule has 0 unspecified atom stereocenters. The molecule has 1 aliphatic rings. The van der Waals surface area contributed by atoms with Crippen LogP contribution in [0, 0.1) is 5.92 Å². The smallest absolute Gasteiger partial charge is 0.263 e. The van der Waals surface area contributed by atoms with Crippen LogP contribution in [0.15, 0.2) is 0 Å². The lowest BCUT2D eigenvalue weighted by Gasteiger charge is -2.21. The van der Waals surface area contributed by atoms with Crippen molar-refractivity contribution in [2.75, 3.05) is 12.3 Å². The summed E-state index contributed by atoms with van der Waals surface area (Å²) in [7, 11) is 0. The zero-order valence-electron chi connectivity index (χ0n) is 10.9. The first-order valence-corrected chi connectivity index (χ1v) is 7.52. The van der Waals surface area contributed by atoms with Crippen LogP contribution in [0.25, 0.3) is 0 Å². The first-order chi connectivity index (χ1) is 8.72. The fourth-order valence-electron chi connectivity index (χ4n) is 2.55. The number of rotatable bonds is 4. The molecular formula is C13H21N3OS. The summed E-state index contributed by atoms with van der Waals surface area (Å²) in [6.07, 6.45) is 7.18. The van der Waals surface area contributed by atoms with E-state index >= 15 is 0 Å². The minimum atomic E-state index is -0.00776. The van der Waals surface area contributed by atoms with Crippen LogP contribution < -0.4 is 11.1 Å². The zero-order valence-corrected chi connectivity index (χ0v) is 11.7. The molecule has 0 saturated heterocycles. The summed E-state index contributed by atoms with van der Waals surface area (Å²) in [4.78, 5) is 12.8. The van der Waals surface area contributed by atoms with Crippen LogP contribution in [0.2, 0.25) is 0 Å². The molecule has 0 spiro atoms. The largest absolute Gasteiger partial charge is 0.383 e. The van der Waals surface area contributed by atoms with Crippen molar-refractivity contribution in [2.45, 2.75) is 45.4 Å². The lowest BCUT2D eigenvalue weighted by Crippen LogP contribution is -2.30. The van der Waals surface area contributed by atoms with E-state index in [0.717, 1.165) is 18.5 Å². The number of nitrogens with one attached hydrogen (secondary N) is 1. The van der Waals surface area contributed by atoms with Crippen molar-refractivity contribution in [1.29, 1.82) is 0 Å². The zero-order chi connectivity index (χ0) is 13.0. The molecule has 18 heavy (non-hydrogen) atoms. The molecule has 2 rings (SSSR count). The summed E-state index contributed by atoms with van der Waals surface area (Å²) in [6, 6.07) is 0. The Bertz CT molecular complexity index is 410. The Hall–Kier alpha value is -1.10. The average Bonchev–Trinajstić information content (AvgIpc) is 2.78. The SMILES string of the molecule is CCc1c(N)nsc1C(=O)NCC1CCCCC1. The summed E-state index contributed by atoms with van der Waals surface area (Å²) in [6.45, 7) is 2.79. The van der Waals surface area contributed by atoms with E-state index in [4.69, 9.17) is 5.73 Å². The first-order valence-electron chi connectivity index (χ1n) is 6.74. The molecular weight excluding hydrogens is 246 g/mol. The van der Waals surface area contributed by atoms with Crippen LogP contribution >= 0.6 is 11.5 Å². The van der Waals surface area contributed by atoms with Crippen LogP contribution in [0.3, 0.4) is 0 Å². The van der Waals surface area contributed by atoms with Crippen molar-refractivity contribution < 1.29 is 4.79 Å². The predicted molar refractivity (Wildman–Crippen MR) is 74.8 cm³/mol. The van der Waals surface area contributed by atoms with Gasteiger partial charge >= 0.3 is 0 Å². The van der Waals surface area contributed by atoms with Gasteiger partial charge in [-0.3, -0.25) is 4.79 Å². The standard InChI is InChI=1S/C13H21N3OS/c1-2-10-11(18-16-12(10)14)13(17)15-8-9-6-4-3-5-7-9/h9H,2-8H2,1H3,(H2,14,16)(H,15,17). The van der Waals surface area contributed by atoms with Gasteiger partial charge in [-0.05, 0) is 36.7 Å². The molecule has 0 atom stereocenters. The Kier molecular flexibility index (Phi) is 4.58.